The number of nitriles is 1. The van der Waals surface area contributed by atoms with Crippen molar-refractivity contribution in [1.29, 1.82) is 5.26 Å². The van der Waals surface area contributed by atoms with Crippen molar-refractivity contribution in [3.8, 4) is 6.07 Å². The van der Waals surface area contributed by atoms with Gasteiger partial charge in [0.05, 0.1) is 17.4 Å². The van der Waals surface area contributed by atoms with Crippen molar-refractivity contribution in [3.05, 3.63) is 34.1 Å². The van der Waals surface area contributed by atoms with Crippen molar-refractivity contribution in [1.82, 2.24) is 0 Å². The molecule has 0 heterocycles. The van der Waals surface area contributed by atoms with E-state index < -0.39 is 38.4 Å². The van der Waals surface area contributed by atoms with Gasteiger partial charge < -0.3 is 5.73 Å². The predicted molar refractivity (Wildman–Crippen MR) is 77.3 cm³/mol. The van der Waals surface area contributed by atoms with Crippen LogP contribution in [0.3, 0.4) is 0 Å². The molecule has 0 amide bonds. The fraction of sp³-hybridized carbons (Fsp3) is 0.462. The standard InChI is InChI=1S/C13H13BrF2N2O2S/c14-9-1-2-11(16)10(5-9)13(18,6-15)8-21(19,20)12(7-17)3-4-12/h1-2,5H,3-4,6,8,18H2. The second kappa shape index (κ2) is 5.30. The Morgan fingerprint density at radius 2 is 2.10 bits per heavy atom. The molecule has 1 saturated carbocycles. The first kappa shape index (κ1) is 16.3. The maximum atomic E-state index is 13.9. The molecule has 0 bridgehead atoms. The highest BCUT2D eigenvalue weighted by Crippen LogP contribution is 2.45. The molecule has 2 N–H and O–H groups in total. The Morgan fingerprint density at radius 3 is 2.57 bits per heavy atom. The summed E-state index contributed by atoms with van der Waals surface area (Å²) in [5.74, 6) is -1.59. The van der Waals surface area contributed by atoms with Crippen LogP contribution in [0.4, 0.5) is 8.78 Å². The molecule has 0 saturated heterocycles. The highest BCUT2D eigenvalue weighted by Gasteiger charge is 2.57. The largest absolute Gasteiger partial charge is 0.318 e. The number of nitrogens with two attached hydrogens (primary N) is 1. The molecule has 1 fully saturated rings. The molecule has 0 aromatic heterocycles. The highest BCUT2D eigenvalue weighted by molar-refractivity contribution is 9.10. The molecule has 4 nitrogen and oxygen atoms in total. The lowest BCUT2D eigenvalue weighted by Crippen LogP contribution is -2.48. The summed E-state index contributed by atoms with van der Waals surface area (Å²) in [4.78, 5) is 0. The summed E-state index contributed by atoms with van der Waals surface area (Å²) in [6.07, 6.45) is 0.407. The Labute approximate surface area is 130 Å². The fourth-order valence-electron chi connectivity index (χ4n) is 2.15. The molecular formula is C13H13BrF2N2O2S. The number of nitrogens with zero attached hydrogens (tertiary/aromatic N) is 1. The van der Waals surface area contributed by atoms with E-state index in [1.165, 1.54) is 12.1 Å². The van der Waals surface area contributed by atoms with E-state index in [1.54, 1.807) is 6.07 Å². The third kappa shape index (κ3) is 2.82. The molecule has 1 aliphatic carbocycles. The van der Waals surface area contributed by atoms with Crippen molar-refractivity contribution < 1.29 is 17.2 Å². The zero-order valence-electron chi connectivity index (χ0n) is 10.9. The van der Waals surface area contributed by atoms with E-state index in [0.717, 1.165) is 6.07 Å². The van der Waals surface area contributed by atoms with Gasteiger partial charge in [0.2, 0.25) is 0 Å². The van der Waals surface area contributed by atoms with Gasteiger partial charge in [-0.05, 0) is 31.0 Å². The van der Waals surface area contributed by atoms with E-state index in [0.29, 0.717) is 4.47 Å². The first-order chi connectivity index (χ1) is 9.70. The van der Waals surface area contributed by atoms with Gasteiger partial charge in [-0.1, -0.05) is 15.9 Å². The van der Waals surface area contributed by atoms with E-state index in [9.17, 15) is 17.2 Å². The first-order valence-corrected chi connectivity index (χ1v) is 8.58. The maximum absolute atomic E-state index is 13.9. The van der Waals surface area contributed by atoms with E-state index in [2.05, 4.69) is 15.9 Å². The molecule has 8 heteroatoms. The molecule has 0 aliphatic heterocycles. The van der Waals surface area contributed by atoms with Gasteiger partial charge in [-0.15, -0.1) is 0 Å². The molecule has 1 atom stereocenters. The van der Waals surface area contributed by atoms with E-state index in [4.69, 9.17) is 11.0 Å². The van der Waals surface area contributed by atoms with Gasteiger partial charge in [0, 0.05) is 10.0 Å². The van der Waals surface area contributed by atoms with Gasteiger partial charge in [-0.2, -0.15) is 5.26 Å². The van der Waals surface area contributed by atoms with Crippen molar-refractivity contribution in [3.63, 3.8) is 0 Å². The SMILES string of the molecule is N#CC1(S(=O)(=O)CC(N)(CF)c2cc(Br)ccc2F)CC1. The van der Waals surface area contributed by atoms with Crippen LogP contribution in [0.25, 0.3) is 0 Å². The molecule has 21 heavy (non-hydrogen) atoms. The second-order valence-electron chi connectivity index (χ2n) is 5.28. The Balaban J connectivity index is 2.44. The Bertz CT molecular complexity index is 713. The smallest absolute Gasteiger partial charge is 0.171 e. The molecule has 2 rings (SSSR count). The van der Waals surface area contributed by atoms with Crippen LogP contribution in [0.15, 0.2) is 22.7 Å². The third-order valence-electron chi connectivity index (χ3n) is 3.65. The lowest BCUT2D eigenvalue weighted by Gasteiger charge is -2.28. The quantitative estimate of drug-likeness (QED) is 0.850. The van der Waals surface area contributed by atoms with E-state index in [-0.39, 0.29) is 18.4 Å². The minimum absolute atomic E-state index is 0.204. The van der Waals surface area contributed by atoms with E-state index >= 15 is 0 Å². The Hall–Kier alpha value is -1.04. The summed E-state index contributed by atoms with van der Waals surface area (Å²) < 4.78 is 50.9. The molecule has 0 spiro atoms. The number of halogens is 3. The topological polar surface area (TPSA) is 84.0 Å². The van der Waals surface area contributed by atoms with Crippen LogP contribution in [0.2, 0.25) is 0 Å². The first-order valence-electron chi connectivity index (χ1n) is 6.14. The van der Waals surface area contributed by atoms with E-state index in [1.807, 2.05) is 0 Å². The minimum Gasteiger partial charge on any atom is -0.318 e. The zero-order valence-corrected chi connectivity index (χ0v) is 13.3. The van der Waals surface area contributed by atoms with Gasteiger partial charge in [-0.25, -0.2) is 17.2 Å². The lowest BCUT2D eigenvalue weighted by molar-refractivity contribution is 0.327. The molecule has 114 valence electrons. The number of alkyl halides is 1. The van der Waals surface area contributed by atoms with Crippen LogP contribution in [-0.4, -0.2) is 25.6 Å². The predicted octanol–water partition coefficient (Wildman–Crippen LogP) is 2.18. The normalized spacial score (nSPS) is 19.6. The van der Waals surface area contributed by atoms with Gasteiger partial charge in [0.15, 0.2) is 14.6 Å². The number of hydrogen-bond acceptors (Lipinski definition) is 4. The summed E-state index contributed by atoms with van der Waals surface area (Å²) in [5.41, 5.74) is 3.59. The number of rotatable bonds is 5. The number of benzene rings is 1. The summed E-state index contributed by atoms with van der Waals surface area (Å²) in [7, 11) is -3.95. The van der Waals surface area contributed by atoms with Gasteiger partial charge in [-0.3, -0.25) is 0 Å². The van der Waals surface area contributed by atoms with Crippen LogP contribution in [-0.2, 0) is 15.4 Å². The van der Waals surface area contributed by atoms with Gasteiger partial charge in [0.25, 0.3) is 0 Å². The van der Waals surface area contributed by atoms with Crippen LogP contribution >= 0.6 is 15.9 Å². The molecule has 1 unspecified atom stereocenters. The van der Waals surface area contributed by atoms with Crippen molar-refractivity contribution in [2.24, 2.45) is 5.73 Å². The number of hydrogen-bond donors (Lipinski definition) is 1. The van der Waals surface area contributed by atoms with Crippen LogP contribution in [0.1, 0.15) is 18.4 Å². The summed E-state index contributed by atoms with van der Waals surface area (Å²) >= 11 is 3.12. The van der Waals surface area contributed by atoms with Gasteiger partial charge >= 0.3 is 0 Å². The Morgan fingerprint density at radius 1 is 1.48 bits per heavy atom. The van der Waals surface area contributed by atoms with Gasteiger partial charge in [0.1, 0.15) is 12.5 Å². The van der Waals surface area contributed by atoms with Crippen LogP contribution < -0.4 is 5.73 Å². The maximum Gasteiger partial charge on any atom is 0.171 e. The fourth-order valence-corrected chi connectivity index (χ4v) is 4.56. The van der Waals surface area contributed by atoms with Crippen molar-refractivity contribution in [2.75, 3.05) is 12.4 Å². The third-order valence-corrected chi connectivity index (χ3v) is 6.73. The zero-order chi connectivity index (χ0) is 15.9. The van der Waals surface area contributed by atoms with Crippen LogP contribution in [0, 0.1) is 17.1 Å². The summed E-state index contributed by atoms with van der Waals surface area (Å²) in [6.45, 7) is -1.25. The Kier molecular flexibility index (Phi) is 4.12. The minimum atomic E-state index is -3.95. The average Bonchev–Trinajstić information content (AvgIpc) is 3.22. The average molecular weight is 379 g/mol. The molecule has 1 aromatic carbocycles. The monoisotopic (exact) mass is 378 g/mol. The summed E-state index contributed by atoms with van der Waals surface area (Å²) in [6, 6.07) is 5.50. The van der Waals surface area contributed by atoms with Crippen molar-refractivity contribution in [2.45, 2.75) is 23.1 Å². The van der Waals surface area contributed by atoms with Crippen molar-refractivity contribution >= 4 is 25.8 Å². The molecule has 0 radical (unpaired) electrons. The second-order valence-corrected chi connectivity index (χ2v) is 8.49. The highest BCUT2D eigenvalue weighted by atomic mass is 79.9. The lowest BCUT2D eigenvalue weighted by atomic mass is 9.94. The van der Waals surface area contributed by atoms with Crippen LogP contribution in [0.5, 0.6) is 0 Å². The molecule has 1 aliphatic rings. The summed E-state index contributed by atoms with van der Waals surface area (Å²) in [5, 5.41) is 8.99. The molecular weight excluding hydrogens is 366 g/mol. The molecule has 1 aromatic rings. The number of sulfone groups is 1.